The number of rotatable bonds is 3. The number of hydrogen-bond acceptors (Lipinski definition) is 6. The molecule has 0 saturated carbocycles. The summed E-state index contributed by atoms with van der Waals surface area (Å²) in [5.74, 6) is 0.883. The van der Waals surface area contributed by atoms with Gasteiger partial charge in [-0.3, -0.25) is 9.59 Å². The maximum Gasteiger partial charge on any atom is 0.289 e. The van der Waals surface area contributed by atoms with E-state index in [9.17, 15) is 9.59 Å². The molecule has 1 saturated heterocycles. The highest BCUT2D eigenvalue weighted by Gasteiger charge is 2.27. The van der Waals surface area contributed by atoms with Crippen LogP contribution in [0.25, 0.3) is 0 Å². The van der Waals surface area contributed by atoms with Crippen LogP contribution in [0, 0.1) is 20.8 Å². The Morgan fingerprint density at radius 1 is 1.08 bits per heavy atom. The zero-order valence-electron chi connectivity index (χ0n) is 14.6. The zero-order chi connectivity index (χ0) is 18.1. The average Bonchev–Trinajstić information content (AvgIpc) is 3.03. The first kappa shape index (κ1) is 16.9. The molecular weight excluding hydrogens is 322 g/mol. The fraction of sp³-hybridized carbons (Fsp3) is 0.412. The third kappa shape index (κ3) is 3.19. The molecule has 2 N–H and O–H groups in total. The van der Waals surface area contributed by atoms with E-state index in [4.69, 9.17) is 10.2 Å². The van der Waals surface area contributed by atoms with E-state index < -0.39 is 5.91 Å². The zero-order valence-corrected chi connectivity index (χ0v) is 14.6. The van der Waals surface area contributed by atoms with Gasteiger partial charge in [-0.25, -0.2) is 0 Å². The van der Waals surface area contributed by atoms with Gasteiger partial charge in [-0.1, -0.05) is 0 Å². The average molecular weight is 343 g/mol. The Kier molecular flexibility index (Phi) is 4.43. The molecule has 3 rings (SSSR count). The lowest BCUT2D eigenvalue weighted by atomic mass is 10.1. The number of nitrogens with zero attached hydrogens (tertiary/aromatic N) is 4. The first-order valence-electron chi connectivity index (χ1n) is 8.13. The van der Waals surface area contributed by atoms with Crippen molar-refractivity contribution in [1.29, 1.82) is 0 Å². The second kappa shape index (κ2) is 6.54. The lowest BCUT2D eigenvalue weighted by Crippen LogP contribution is -2.49. The van der Waals surface area contributed by atoms with Crippen LogP contribution in [-0.4, -0.2) is 53.1 Å². The molecule has 1 aliphatic heterocycles. The van der Waals surface area contributed by atoms with Crippen molar-refractivity contribution in [2.75, 3.05) is 31.1 Å². The van der Waals surface area contributed by atoms with Crippen LogP contribution >= 0.6 is 0 Å². The second-order valence-corrected chi connectivity index (χ2v) is 6.16. The van der Waals surface area contributed by atoms with Crippen molar-refractivity contribution in [2.45, 2.75) is 20.8 Å². The number of aryl methyl sites for hydroxylation is 2. The number of hydrogen-bond donors (Lipinski definition) is 1. The van der Waals surface area contributed by atoms with Crippen LogP contribution in [0.15, 0.2) is 16.5 Å². The standard InChI is InChI=1S/C17H21N5O3/c1-10-4-5-13(25-10)17(24)22-8-6-21(7-9-22)16-14(15(18)23)11(2)12(3)19-20-16/h4-5H,6-9H2,1-3H3,(H2,18,23). The van der Waals surface area contributed by atoms with E-state index in [0.29, 0.717) is 54.8 Å². The predicted molar refractivity (Wildman–Crippen MR) is 91.6 cm³/mol. The van der Waals surface area contributed by atoms with Gasteiger partial charge in [0.25, 0.3) is 11.8 Å². The molecule has 0 spiro atoms. The van der Waals surface area contributed by atoms with E-state index in [1.807, 2.05) is 11.8 Å². The number of amides is 2. The van der Waals surface area contributed by atoms with Gasteiger partial charge < -0.3 is 20.0 Å². The van der Waals surface area contributed by atoms with Crippen LogP contribution in [0.4, 0.5) is 5.82 Å². The summed E-state index contributed by atoms with van der Waals surface area (Å²) in [5, 5.41) is 8.27. The van der Waals surface area contributed by atoms with Gasteiger partial charge in [0.1, 0.15) is 5.76 Å². The molecule has 0 unspecified atom stereocenters. The molecule has 0 atom stereocenters. The Labute approximate surface area is 145 Å². The SMILES string of the molecule is Cc1ccc(C(=O)N2CCN(c3nnc(C)c(C)c3C(N)=O)CC2)o1. The number of carbonyl (C=O) groups excluding carboxylic acids is 2. The normalized spacial score (nSPS) is 14.7. The molecule has 1 fully saturated rings. The summed E-state index contributed by atoms with van der Waals surface area (Å²) in [6.07, 6.45) is 0. The van der Waals surface area contributed by atoms with Gasteiger partial charge in [-0.2, -0.15) is 5.10 Å². The summed E-state index contributed by atoms with van der Waals surface area (Å²) in [4.78, 5) is 28.0. The minimum Gasteiger partial charge on any atom is -0.456 e. The number of primary amides is 1. The summed E-state index contributed by atoms with van der Waals surface area (Å²) in [5.41, 5.74) is 7.35. The van der Waals surface area contributed by atoms with Crippen LogP contribution in [0.3, 0.4) is 0 Å². The topological polar surface area (TPSA) is 106 Å². The quantitative estimate of drug-likeness (QED) is 0.893. The molecule has 8 heteroatoms. The molecular formula is C17H21N5O3. The van der Waals surface area contributed by atoms with Crippen molar-refractivity contribution in [3.05, 3.63) is 40.5 Å². The van der Waals surface area contributed by atoms with Crippen LogP contribution in [-0.2, 0) is 0 Å². The van der Waals surface area contributed by atoms with Gasteiger partial charge in [0.05, 0.1) is 11.3 Å². The minimum atomic E-state index is -0.518. The number of piperazine rings is 1. The Hall–Kier alpha value is -2.90. The number of carbonyl (C=O) groups is 2. The lowest BCUT2D eigenvalue weighted by molar-refractivity contribution is 0.0712. The molecule has 1 aliphatic rings. The molecule has 0 aromatic carbocycles. The second-order valence-electron chi connectivity index (χ2n) is 6.16. The number of anilines is 1. The van der Waals surface area contributed by atoms with E-state index in [-0.39, 0.29) is 5.91 Å². The predicted octanol–water partition coefficient (Wildman–Crippen LogP) is 1.06. The fourth-order valence-electron chi connectivity index (χ4n) is 2.94. The molecule has 2 amide bonds. The molecule has 132 valence electrons. The van der Waals surface area contributed by atoms with Crippen LogP contribution in [0.2, 0.25) is 0 Å². The van der Waals surface area contributed by atoms with Crippen molar-refractivity contribution in [3.8, 4) is 0 Å². The van der Waals surface area contributed by atoms with Crippen LogP contribution in [0.5, 0.6) is 0 Å². The highest BCUT2D eigenvalue weighted by Crippen LogP contribution is 2.23. The van der Waals surface area contributed by atoms with E-state index in [0.717, 1.165) is 5.56 Å². The third-order valence-electron chi connectivity index (χ3n) is 4.50. The number of aromatic nitrogens is 2. The van der Waals surface area contributed by atoms with Gasteiger partial charge in [0.2, 0.25) is 0 Å². The monoisotopic (exact) mass is 343 g/mol. The molecule has 0 radical (unpaired) electrons. The van der Waals surface area contributed by atoms with Crippen LogP contribution in [0.1, 0.15) is 37.9 Å². The Morgan fingerprint density at radius 3 is 2.32 bits per heavy atom. The Balaban J connectivity index is 1.76. The van der Waals surface area contributed by atoms with Crippen molar-refractivity contribution >= 4 is 17.6 Å². The molecule has 3 heterocycles. The van der Waals surface area contributed by atoms with Crippen LogP contribution < -0.4 is 10.6 Å². The molecule has 0 bridgehead atoms. The van der Waals surface area contributed by atoms with Crippen molar-refractivity contribution in [2.24, 2.45) is 5.73 Å². The summed E-state index contributed by atoms with van der Waals surface area (Å²) in [6, 6.07) is 3.46. The first-order chi connectivity index (χ1) is 11.9. The summed E-state index contributed by atoms with van der Waals surface area (Å²) < 4.78 is 5.40. The Bertz CT molecular complexity index is 822. The summed E-state index contributed by atoms with van der Waals surface area (Å²) in [7, 11) is 0. The molecule has 25 heavy (non-hydrogen) atoms. The van der Waals surface area contributed by atoms with Gasteiger partial charge in [0, 0.05) is 26.2 Å². The van der Waals surface area contributed by atoms with Crippen molar-refractivity contribution in [1.82, 2.24) is 15.1 Å². The fourth-order valence-corrected chi connectivity index (χ4v) is 2.94. The van der Waals surface area contributed by atoms with Gasteiger partial charge >= 0.3 is 0 Å². The molecule has 0 aliphatic carbocycles. The highest BCUT2D eigenvalue weighted by molar-refractivity contribution is 5.99. The van der Waals surface area contributed by atoms with E-state index >= 15 is 0 Å². The minimum absolute atomic E-state index is 0.131. The summed E-state index contributed by atoms with van der Waals surface area (Å²) in [6.45, 7) is 7.51. The third-order valence-corrected chi connectivity index (χ3v) is 4.50. The molecule has 2 aromatic heterocycles. The van der Waals surface area contributed by atoms with Crippen molar-refractivity contribution < 1.29 is 14.0 Å². The van der Waals surface area contributed by atoms with Gasteiger partial charge in [0.15, 0.2) is 11.6 Å². The van der Waals surface area contributed by atoms with Crippen molar-refractivity contribution in [3.63, 3.8) is 0 Å². The number of furan rings is 1. The number of nitrogens with two attached hydrogens (primary N) is 1. The molecule has 2 aromatic rings. The largest absolute Gasteiger partial charge is 0.456 e. The lowest BCUT2D eigenvalue weighted by Gasteiger charge is -2.35. The first-order valence-corrected chi connectivity index (χ1v) is 8.13. The van der Waals surface area contributed by atoms with E-state index in [1.54, 1.807) is 30.9 Å². The highest BCUT2D eigenvalue weighted by atomic mass is 16.3. The van der Waals surface area contributed by atoms with E-state index in [1.165, 1.54) is 0 Å². The molecule has 8 nitrogen and oxygen atoms in total. The maximum atomic E-state index is 12.4. The summed E-state index contributed by atoms with van der Waals surface area (Å²) >= 11 is 0. The van der Waals surface area contributed by atoms with Gasteiger partial charge in [-0.15, -0.1) is 5.10 Å². The Morgan fingerprint density at radius 2 is 1.76 bits per heavy atom. The van der Waals surface area contributed by atoms with Gasteiger partial charge in [-0.05, 0) is 38.5 Å². The maximum absolute atomic E-state index is 12.4. The van der Waals surface area contributed by atoms with E-state index in [2.05, 4.69) is 10.2 Å². The smallest absolute Gasteiger partial charge is 0.289 e.